The number of ether oxygens (including phenoxy) is 3. The van der Waals surface area contributed by atoms with Crippen LogP contribution in [0.25, 0.3) is 0 Å². The summed E-state index contributed by atoms with van der Waals surface area (Å²) in [6, 6.07) is 17.0. The number of carbonyl (C=O) groups excluding carboxylic acids is 1. The highest BCUT2D eigenvalue weighted by Crippen LogP contribution is 2.28. The van der Waals surface area contributed by atoms with Gasteiger partial charge in [0.15, 0.2) is 5.71 Å². The van der Waals surface area contributed by atoms with Gasteiger partial charge in [0.2, 0.25) is 11.8 Å². The number of benzene rings is 2. The van der Waals surface area contributed by atoms with Crippen molar-refractivity contribution in [2.75, 3.05) is 14.2 Å². The van der Waals surface area contributed by atoms with Gasteiger partial charge in [-0.15, -0.1) is 0 Å². The number of nitriles is 1. The Hall–Kier alpha value is -4.45. The van der Waals surface area contributed by atoms with Crippen LogP contribution in [0.3, 0.4) is 0 Å². The van der Waals surface area contributed by atoms with Crippen molar-refractivity contribution in [3.63, 3.8) is 0 Å². The summed E-state index contributed by atoms with van der Waals surface area (Å²) in [4.78, 5) is 24.9. The lowest BCUT2D eigenvalue weighted by Gasteiger charge is -2.11. The molecular formula is C21H16N4O5. The Labute approximate surface area is 172 Å². The van der Waals surface area contributed by atoms with Crippen molar-refractivity contribution in [2.24, 2.45) is 5.16 Å². The van der Waals surface area contributed by atoms with Gasteiger partial charge in [-0.1, -0.05) is 29.4 Å². The summed E-state index contributed by atoms with van der Waals surface area (Å²) >= 11 is 0. The van der Waals surface area contributed by atoms with E-state index in [1.807, 2.05) is 6.07 Å². The van der Waals surface area contributed by atoms with Crippen LogP contribution < -0.4 is 9.47 Å². The summed E-state index contributed by atoms with van der Waals surface area (Å²) in [6.07, 6.45) is 1.26. The Morgan fingerprint density at radius 2 is 1.60 bits per heavy atom. The molecule has 0 saturated carbocycles. The standard InChI is InChI=1S/C21H16N4O5/c1-27-21(26)20(25-28-2)15-8-4-6-10-17(15)30-19-11-18(23-13-24-19)29-16-9-5-3-7-14(16)12-22/h3-11,13H,1-2H3. The largest absolute Gasteiger partial charge is 0.464 e. The number of hydrogen-bond donors (Lipinski definition) is 0. The van der Waals surface area contributed by atoms with Gasteiger partial charge in [-0.05, 0) is 24.3 Å². The summed E-state index contributed by atoms with van der Waals surface area (Å²) in [7, 11) is 2.56. The van der Waals surface area contributed by atoms with Crippen LogP contribution in [0.15, 0.2) is 66.1 Å². The summed E-state index contributed by atoms with van der Waals surface area (Å²) in [6.45, 7) is 0. The topological polar surface area (TPSA) is 116 Å². The molecule has 3 aromatic rings. The Kier molecular flexibility index (Phi) is 6.53. The highest BCUT2D eigenvalue weighted by Gasteiger charge is 2.20. The molecule has 150 valence electrons. The molecular weight excluding hydrogens is 388 g/mol. The molecule has 1 heterocycles. The van der Waals surface area contributed by atoms with E-state index in [-0.39, 0.29) is 17.5 Å². The monoisotopic (exact) mass is 404 g/mol. The first-order valence-electron chi connectivity index (χ1n) is 8.62. The van der Waals surface area contributed by atoms with Crippen LogP contribution in [-0.2, 0) is 14.4 Å². The third kappa shape index (κ3) is 4.69. The molecule has 0 N–H and O–H groups in total. The maximum absolute atomic E-state index is 12.1. The summed E-state index contributed by atoms with van der Waals surface area (Å²) in [5, 5.41) is 12.9. The van der Waals surface area contributed by atoms with Gasteiger partial charge in [0.25, 0.3) is 0 Å². The molecule has 0 amide bonds. The minimum atomic E-state index is -0.687. The SMILES string of the molecule is CON=C(C(=O)OC)c1ccccc1Oc1cc(Oc2ccccc2C#N)ncn1. The number of rotatable bonds is 7. The Balaban J connectivity index is 1.90. The first-order valence-corrected chi connectivity index (χ1v) is 8.62. The number of aromatic nitrogens is 2. The van der Waals surface area contributed by atoms with Crippen molar-refractivity contribution in [1.82, 2.24) is 9.97 Å². The van der Waals surface area contributed by atoms with Crippen molar-refractivity contribution in [3.8, 4) is 29.3 Å². The number of oxime groups is 1. The van der Waals surface area contributed by atoms with Crippen LogP contribution >= 0.6 is 0 Å². The molecule has 0 saturated heterocycles. The van der Waals surface area contributed by atoms with Crippen LogP contribution in [-0.4, -0.2) is 35.9 Å². The lowest BCUT2D eigenvalue weighted by molar-refractivity contribution is -0.132. The van der Waals surface area contributed by atoms with Crippen LogP contribution in [0.2, 0.25) is 0 Å². The van der Waals surface area contributed by atoms with Gasteiger partial charge >= 0.3 is 5.97 Å². The van der Waals surface area contributed by atoms with E-state index in [0.717, 1.165) is 0 Å². The minimum Gasteiger partial charge on any atom is -0.464 e. The molecule has 0 atom stereocenters. The average molecular weight is 404 g/mol. The van der Waals surface area contributed by atoms with Gasteiger partial charge in [0.1, 0.15) is 31.0 Å². The fraction of sp³-hybridized carbons (Fsp3) is 0.0952. The number of nitrogens with zero attached hydrogens (tertiary/aromatic N) is 4. The second-order valence-electron chi connectivity index (χ2n) is 5.62. The third-order valence-corrected chi connectivity index (χ3v) is 3.76. The highest BCUT2D eigenvalue weighted by atomic mass is 16.6. The molecule has 30 heavy (non-hydrogen) atoms. The molecule has 1 aromatic heterocycles. The minimum absolute atomic E-state index is 0.0657. The number of carbonyl (C=O) groups is 1. The molecule has 2 aromatic carbocycles. The van der Waals surface area contributed by atoms with Crippen molar-refractivity contribution in [3.05, 3.63) is 72.1 Å². The lowest BCUT2D eigenvalue weighted by Crippen LogP contribution is -2.18. The van der Waals surface area contributed by atoms with Crippen LogP contribution in [0, 0.1) is 11.3 Å². The van der Waals surface area contributed by atoms with Gasteiger partial charge in [-0.3, -0.25) is 0 Å². The lowest BCUT2D eigenvalue weighted by atomic mass is 10.1. The molecule has 0 fully saturated rings. The Bertz CT molecular complexity index is 1120. The smallest absolute Gasteiger partial charge is 0.360 e. The Morgan fingerprint density at radius 1 is 0.967 bits per heavy atom. The van der Waals surface area contributed by atoms with E-state index >= 15 is 0 Å². The fourth-order valence-corrected chi connectivity index (χ4v) is 2.44. The van der Waals surface area contributed by atoms with Gasteiger partial charge in [0.05, 0.1) is 24.3 Å². The van der Waals surface area contributed by atoms with Gasteiger partial charge in [0, 0.05) is 0 Å². The molecule has 0 bridgehead atoms. The quantitative estimate of drug-likeness (QED) is 0.334. The molecule has 0 aliphatic carbocycles. The van der Waals surface area contributed by atoms with Gasteiger partial charge in [-0.2, -0.15) is 5.26 Å². The molecule has 9 nitrogen and oxygen atoms in total. The van der Waals surface area contributed by atoms with E-state index in [4.69, 9.17) is 19.0 Å². The first kappa shape index (κ1) is 20.3. The van der Waals surface area contributed by atoms with E-state index in [9.17, 15) is 10.1 Å². The maximum Gasteiger partial charge on any atom is 0.360 e. The predicted octanol–water partition coefficient (Wildman–Crippen LogP) is 3.46. The zero-order valence-electron chi connectivity index (χ0n) is 16.1. The normalized spacial score (nSPS) is 10.6. The number of esters is 1. The fourth-order valence-electron chi connectivity index (χ4n) is 2.44. The maximum atomic E-state index is 12.1. The number of hydrogen-bond acceptors (Lipinski definition) is 9. The third-order valence-electron chi connectivity index (χ3n) is 3.76. The van der Waals surface area contributed by atoms with Crippen molar-refractivity contribution < 1.29 is 23.8 Å². The zero-order valence-corrected chi connectivity index (χ0v) is 16.1. The molecule has 0 aliphatic rings. The van der Waals surface area contributed by atoms with Crippen LogP contribution in [0.5, 0.6) is 23.3 Å². The van der Waals surface area contributed by atoms with E-state index in [0.29, 0.717) is 22.6 Å². The number of para-hydroxylation sites is 2. The number of methoxy groups -OCH3 is 1. The van der Waals surface area contributed by atoms with E-state index < -0.39 is 5.97 Å². The van der Waals surface area contributed by atoms with Crippen molar-refractivity contribution in [1.29, 1.82) is 5.26 Å². The predicted molar refractivity (Wildman–Crippen MR) is 105 cm³/mol. The van der Waals surface area contributed by atoms with E-state index in [1.165, 1.54) is 26.6 Å². The second-order valence-corrected chi connectivity index (χ2v) is 5.62. The summed E-state index contributed by atoms with van der Waals surface area (Å²) in [5.74, 6) is 0.293. The van der Waals surface area contributed by atoms with E-state index in [1.54, 1.807) is 48.5 Å². The summed E-state index contributed by atoms with van der Waals surface area (Å²) < 4.78 is 16.3. The van der Waals surface area contributed by atoms with Crippen LogP contribution in [0.1, 0.15) is 11.1 Å². The van der Waals surface area contributed by atoms with Gasteiger partial charge in [-0.25, -0.2) is 14.8 Å². The second kappa shape index (κ2) is 9.66. The van der Waals surface area contributed by atoms with Crippen LogP contribution in [0.4, 0.5) is 0 Å². The molecule has 3 rings (SSSR count). The Morgan fingerprint density at radius 3 is 2.27 bits per heavy atom. The highest BCUT2D eigenvalue weighted by molar-refractivity contribution is 6.43. The average Bonchev–Trinajstić information content (AvgIpc) is 2.78. The summed E-state index contributed by atoms with van der Waals surface area (Å²) in [5.41, 5.74) is 0.647. The van der Waals surface area contributed by atoms with E-state index in [2.05, 4.69) is 15.1 Å². The van der Waals surface area contributed by atoms with Crippen molar-refractivity contribution >= 4 is 11.7 Å². The van der Waals surface area contributed by atoms with Crippen molar-refractivity contribution in [2.45, 2.75) is 0 Å². The van der Waals surface area contributed by atoms with Gasteiger partial charge < -0.3 is 19.0 Å². The molecule has 0 radical (unpaired) electrons. The molecule has 9 heteroatoms. The molecule has 0 aliphatic heterocycles. The zero-order chi connectivity index (χ0) is 21.3. The molecule has 0 unspecified atom stereocenters. The molecule has 0 spiro atoms. The first-order chi connectivity index (χ1) is 14.7.